The molecule has 1 fully saturated rings. The predicted molar refractivity (Wildman–Crippen MR) is 66.1 cm³/mol. The quantitative estimate of drug-likeness (QED) is 0.772. The molecule has 5 nitrogen and oxygen atoms in total. The van der Waals surface area contributed by atoms with Gasteiger partial charge in [-0.2, -0.15) is 0 Å². The summed E-state index contributed by atoms with van der Waals surface area (Å²) in [5, 5.41) is 5.42. The van der Waals surface area contributed by atoms with E-state index in [1.165, 1.54) is 0 Å². The van der Waals surface area contributed by atoms with Gasteiger partial charge in [-0.15, -0.1) is 0 Å². The van der Waals surface area contributed by atoms with E-state index in [0.717, 1.165) is 11.3 Å². The predicted octanol–water partition coefficient (Wildman–Crippen LogP) is 0.761. The summed E-state index contributed by atoms with van der Waals surface area (Å²) in [6.45, 7) is 1.95. The van der Waals surface area contributed by atoms with E-state index in [9.17, 15) is 9.59 Å². The van der Waals surface area contributed by atoms with Crippen molar-refractivity contribution >= 4 is 11.8 Å². The molecular weight excluding hydrogens is 232 g/mol. The normalized spacial score (nSPS) is 20.7. The highest BCUT2D eigenvalue weighted by Gasteiger charge is 2.31. The first kappa shape index (κ1) is 12.6. The molecule has 1 aromatic carbocycles. The molecule has 0 spiro atoms. The van der Waals surface area contributed by atoms with E-state index in [0.29, 0.717) is 0 Å². The largest absolute Gasteiger partial charge is 0.497 e. The van der Waals surface area contributed by atoms with E-state index < -0.39 is 6.04 Å². The van der Waals surface area contributed by atoms with Crippen LogP contribution in [0.25, 0.3) is 0 Å². The number of benzene rings is 1. The van der Waals surface area contributed by atoms with Crippen LogP contribution in [0, 0.1) is 0 Å². The Morgan fingerprint density at radius 1 is 1.44 bits per heavy atom. The Balaban J connectivity index is 2.05. The number of amides is 2. The van der Waals surface area contributed by atoms with Gasteiger partial charge in [0.05, 0.1) is 19.6 Å². The first-order valence-corrected chi connectivity index (χ1v) is 5.84. The molecule has 96 valence electrons. The summed E-state index contributed by atoms with van der Waals surface area (Å²) in [5.41, 5.74) is 1.02. The fourth-order valence-corrected chi connectivity index (χ4v) is 2.00. The van der Waals surface area contributed by atoms with Crippen LogP contribution in [0.1, 0.15) is 24.9 Å². The highest BCUT2D eigenvalue weighted by atomic mass is 16.5. The minimum Gasteiger partial charge on any atom is -0.497 e. The van der Waals surface area contributed by atoms with E-state index in [-0.39, 0.29) is 24.3 Å². The number of carbonyl (C=O) groups is 2. The maximum Gasteiger partial charge on any atom is 0.244 e. The molecule has 0 aromatic heterocycles. The lowest BCUT2D eigenvalue weighted by atomic mass is 10.1. The molecule has 2 N–H and O–H groups in total. The van der Waals surface area contributed by atoms with E-state index >= 15 is 0 Å². The third kappa shape index (κ3) is 2.68. The number of nitrogens with one attached hydrogen (secondary N) is 2. The maximum absolute atomic E-state index is 11.5. The SMILES string of the molecule is COc1cccc([C@@H](C)NC2CC(=O)NC2=O)c1. The van der Waals surface area contributed by atoms with Crippen molar-refractivity contribution in [2.45, 2.75) is 25.4 Å². The summed E-state index contributed by atoms with van der Waals surface area (Å²) in [6, 6.07) is 7.15. The van der Waals surface area contributed by atoms with Gasteiger partial charge in [0.15, 0.2) is 0 Å². The topological polar surface area (TPSA) is 67.4 Å². The van der Waals surface area contributed by atoms with Gasteiger partial charge in [0.25, 0.3) is 0 Å². The number of ether oxygens (including phenoxy) is 1. The molecule has 1 heterocycles. The fourth-order valence-electron chi connectivity index (χ4n) is 2.00. The molecule has 2 atom stereocenters. The maximum atomic E-state index is 11.5. The molecule has 2 rings (SSSR count). The average Bonchev–Trinajstić information content (AvgIpc) is 2.68. The van der Waals surface area contributed by atoms with Gasteiger partial charge in [0.2, 0.25) is 11.8 Å². The smallest absolute Gasteiger partial charge is 0.244 e. The van der Waals surface area contributed by atoms with Crippen molar-refractivity contribution in [2.24, 2.45) is 0 Å². The Hall–Kier alpha value is -1.88. The van der Waals surface area contributed by atoms with Gasteiger partial charge < -0.3 is 4.74 Å². The third-order valence-electron chi connectivity index (χ3n) is 3.01. The van der Waals surface area contributed by atoms with Gasteiger partial charge in [-0.3, -0.25) is 20.2 Å². The lowest BCUT2D eigenvalue weighted by molar-refractivity contribution is -0.125. The Morgan fingerprint density at radius 3 is 2.83 bits per heavy atom. The summed E-state index contributed by atoms with van der Waals surface area (Å²) < 4.78 is 5.15. The van der Waals surface area contributed by atoms with Crippen molar-refractivity contribution < 1.29 is 14.3 Å². The first-order chi connectivity index (χ1) is 8.60. The highest BCUT2D eigenvalue weighted by Crippen LogP contribution is 2.20. The van der Waals surface area contributed by atoms with Gasteiger partial charge >= 0.3 is 0 Å². The van der Waals surface area contributed by atoms with Crippen molar-refractivity contribution in [3.05, 3.63) is 29.8 Å². The van der Waals surface area contributed by atoms with Crippen molar-refractivity contribution in [3.63, 3.8) is 0 Å². The molecule has 1 unspecified atom stereocenters. The molecule has 0 aliphatic carbocycles. The summed E-state index contributed by atoms with van der Waals surface area (Å²) in [6.07, 6.45) is 0.202. The monoisotopic (exact) mass is 248 g/mol. The second-order valence-corrected chi connectivity index (χ2v) is 4.33. The summed E-state index contributed by atoms with van der Waals surface area (Å²) >= 11 is 0. The Morgan fingerprint density at radius 2 is 2.22 bits per heavy atom. The zero-order valence-electron chi connectivity index (χ0n) is 10.4. The second-order valence-electron chi connectivity index (χ2n) is 4.33. The van der Waals surface area contributed by atoms with Crippen molar-refractivity contribution in [1.82, 2.24) is 10.6 Å². The number of imide groups is 1. The Kier molecular flexibility index (Phi) is 3.62. The molecular formula is C13H16N2O3. The number of hydrogen-bond donors (Lipinski definition) is 2. The minimum absolute atomic E-state index is 0.0262. The summed E-state index contributed by atoms with van der Waals surface area (Å²) in [7, 11) is 1.61. The minimum atomic E-state index is -0.446. The Labute approximate surface area is 106 Å². The highest BCUT2D eigenvalue weighted by molar-refractivity contribution is 6.05. The van der Waals surface area contributed by atoms with Crippen LogP contribution < -0.4 is 15.4 Å². The zero-order chi connectivity index (χ0) is 13.1. The van der Waals surface area contributed by atoms with E-state index in [1.54, 1.807) is 7.11 Å². The lowest BCUT2D eigenvalue weighted by Crippen LogP contribution is -2.37. The molecule has 1 saturated heterocycles. The summed E-state index contributed by atoms with van der Waals surface area (Å²) in [4.78, 5) is 22.5. The fraction of sp³-hybridized carbons (Fsp3) is 0.385. The van der Waals surface area contributed by atoms with Crippen molar-refractivity contribution in [2.75, 3.05) is 7.11 Å². The molecule has 0 saturated carbocycles. The van der Waals surface area contributed by atoms with Crippen LogP contribution >= 0.6 is 0 Å². The van der Waals surface area contributed by atoms with Gasteiger partial charge in [-0.25, -0.2) is 0 Å². The first-order valence-electron chi connectivity index (χ1n) is 5.84. The number of rotatable bonds is 4. The average molecular weight is 248 g/mol. The van der Waals surface area contributed by atoms with Gasteiger partial charge in [0.1, 0.15) is 5.75 Å². The van der Waals surface area contributed by atoms with Crippen LogP contribution in [0.3, 0.4) is 0 Å². The number of methoxy groups -OCH3 is 1. The van der Waals surface area contributed by atoms with Crippen LogP contribution in [0.15, 0.2) is 24.3 Å². The summed E-state index contributed by atoms with van der Waals surface area (Å²) in [5.74, 6) is 0.290. The van der Waals surface area contributed by atoms with Gasteiger partial charge in [-0.05, 0) is 24.6 Å². The van der Waals surface area contributed by atoms with Crippen LogP contribution in [-0.4, -0.2) is 25.0 Å². The van der Waals surface area contributed by atoms with E-state index in [4.69, 9.17) is 4.74 Å². The molecule has 0 bridgehead atoms. The Bertz CT molecular complexity index is 473. The zero-order valence-corrected chi connectivity index (χ0v) is 10.4. The molecule has 1 aliphatic rings. The second kappa shape index (κ2) is 5.18. The third-order valence-corrected chi connectivity index (χ3v) is 3.01. The lowest BCUT2D eigenvalue weighted by Gasteiger charge is -2.18. The van der Waals surface area contributed by atoms with Crippen molar-refractivity contribution in [1.29, 1.82) is 0 Å². The standard InChI is InChI=1S/C13H16N2O3/c1-8(9-4-3-5-10(6-9)18-2)14-11-7-12(16)15-13(11)17/h3-6,8,11,14H,7H2,1-2H3,(H,15,16,17)/t8-,11?/m1/s1. The molecule has 18 heavy (non-hydrogen) atoms. The van der Waals surface area contributed by atoms with Crippen LogP contribution in [0.5, 0.6) is 5.75 Å². The van der Waals surface area contributed by atoms with Crippen molar-refractivity contribution in [3.8, 4) is 5.75 Å². The van der Waals surface area contributed by atoms with Crippen LogP contribution in [0.2, 0.25) is 0 Å². The molecule has 0 radical (unpaired) electrons. The van der Waals surface area contributed by atoms with Gasteiger partial charge in [-0.1, -0.05) is 12.1 Å². The van der Waals surface area contributed by atoms with E-state index in [1.807, 2.05) is 31.2 Å². The van der Waals surface area contributed by atoms with Gasteiger partial charge in [0, 0.05) is 6.04 Å². The number of carbonyl (C=O) groups excluding carboxylic acids is 2. The molecule has 2 amide bonds. The number of hydrogen-bond acceptors (Lipinski definition) is 4. The molecule has 5 heteroatoms. The van der Waals surface area contributed by atoms with E-state index in [2.05, 4.69) is 10.6 Å². The molecule has 1 aromatic rings. The van der Waals surface area contributed by atoms with Crippen LogP contribution in [-0.2, 0) is 9.59 Å². The molecule has 1 aliphatic heterocycles. The van der Waals surface area contributed by atoms with Crippen LogP contribution in [0.4, 0.5) is 0 Å².